The van der Waals surface area contributed by atoms with E-state index in [4.69, 9.17) is 17.3 Å². The fourth-order valence-electron chi connectivity index (χ4n) is 2.97. The van der Waals surface area contributed by atoms with Crippen molar-refractivity contribution in [2.45, 2.75) is 136 Å². The molecule has 5 heteroatoms. The third-order valence-corrected chi connectivity index (χ3v) is 4.91. The quantitative estimate of drug-likeness (QED) is 0.166. The number of alkyl halides is 1. The van der Waals surface area contributed by atoms with Crippen molar-refractivity contribution in [3.05, 3.63) is 0 Å². The van der Waals surface area contributed by atoms with E-state index in [0.29, 0.717) is 5.38 Å². The number of rotatable bonds is 17. The topological polar surface area (TPSA) is 61.0 Å². The summed E-state index contributed by atoms with van der Waals surface area (Å²) in [5.41, 5.74) is 5.22. The maximum absolute atomic E-state index is 5.60. The molecular formula is C23H55Cl3N2. The SMILES string of the molecule is CC(Cl)CCCN.CCCCCCCCCCCCCCCC(C)C.Cl.Cl.N. The molecule has 0 aliphatic rings. The molecule has 5 N–H and O–H groups in total. The van der Waals surface area contributed by atoms with E-state index in [9.17, 15) is 0 Å². The first-order valence-electron chi connectivity index (χ1n) is 11.4. The lowest BCUT2D eigenvalue weighted by atomic mass is 10.0. The van der Waals surface area contributed by atoms with Crippen LogP contribution in [0.3, 0.4) is 0 Å². The van der Waals surface area contributed by atoms with E-state index in [0.717, 1.165) is 25.3 Å². The van der Waals surface area contributed by atoms with Gasteiger partial charge in [-0.05, 0) is 32.2 Å². The first-order valence-corrected chi connectivity index (χ1v) is 11.8. The third kappa shape index (κ3) is 45.5. The maximum atomic E-state index is 5.60. The van der Waals surface area contributed by atoms with Gasteiger partial charge >= 0.3 is 0 Å². The number of hydrogen-bond donors (Lipinski definition) is 2. The fourth-order valence-corrected chi connectivity index (χ4v) is 3.12. The molecule has 0 aliphatic heterocycles. The molecule has 1 atom stereocenters. The molecule has 0 heterocycles. The number of unbranched alkanes of at least 4 members (excludes halogenated alkanes) is 12. The van der Waals surface area contributed by atoms with Crippen molar-refractivity contribution in [2.24, 2.45) is 11.7 Å². The van der Waals surface area contributed by atoms with Crippen LogP contribution in [-0.4, -0.2) is 11.9 Å². The zero-order chi connectivity index (χ0) is 19.2. The molecule has 0 amide bonds. The van der Waals surface area contributed by atoms with Crippen molar-refractivity contribution >= 4 is 36.4 Å². The van der Waals surface area contributed by atoms with Gasteiger partial charge in [0.05, 0.1) is 0 Å². The molecule has 28 heavy (non-hydrogen) atoms. The Balaban J connectivity index is -0.000000152. The van der Waals surface area contributed by atoms with Crippen LogP contribution in [0.5, 0.6) is 0 Å². The van der Waals surface area contributed by atoms with Gasteiger partial charge in [0.25, 0.3) is 0 Å². The van der Waals surface area contributed by atoms with E-state index in [2.05, 4.69) is 20.8 Å². The molecule has 0 spiro atoms. The van der Waals surface area contributed by atoms with E-state index >= 15 is 0 Å². The normalized spacial score (nSPS) is 10.8. The summed E-state index contributed by atoms with van der Waals surface area (Å²) >= 11 is 5.60. The van der Waals surface area contributed by atoms with Crippen molar-refractivity contribution in [3.63, 3.8) is 0 Å². The molecule has 0 saturated heterocycles. The number of hydrogen-bond acceptors (Lipinski definition) is 2. The van der Waals surface area contributed by atoms with Gasteiger partial charge in [-0.15, -0.1) is 36.4 Å². The van der Waals surface area contributed by atoms with Gasteiger partial charge in [0.1, 0.15) is 0 Å². The summed E-state index contributed by atoms with van der Waals surface area (Å²) in [6, 6.07) is 0. The zero-order valence-corrected chi connectivity index (χ0v) is 22.0. The highest BCUT2D eigenvalue weighted by Crippen LogP contribution is 2.14. The van der Waals surface area contributed by atoms with Crippen molar-refractivity contribution in [2.75, 3.05) is 6.54 Å². The molecule has 0 rings (SSSR count). The van der Waals surface area contributed by atoms with Gasteiger partial charge in [-0.1, -0.05) is 111 Å². The summed E-state index contributed by atoms with van der Waals surface area (Å²) in [4.78, 5) is 0. The van der Waals surface area contributed by atoms with Gasteiger partial charge in [-0.3, -0.25) is 0 Å². The van der Waals surface area contributed by atoms with Gasteiger partial charge in [-0.25, -0.2) is 0 Å². The Kier molecular flexibility index (Phi) is 49.4. The molecule has 0 fully saturated rings. The van der Waals surface area contributed by atoms with Gasteiger partial charge in [0.2, 0.25) is 0 Å². The third-order valence-electron chi connectivity index (χ3n) is 4.69. The minimum absolute atomic E-state index is 0. The average molecular weight is 466 g/mol. The van der Waals surface area contributed by atoms with Crippen molar-refractivity contribution < 1.29 is 0 Å². The van der Waals surface area contributed by atoms with E-state index in [1.54, 1.807) is 0 Å². The van der Waals surface area contributed by atoms with E-state index in [1.165, 1.54) is 89.9 Å². The summed E-state index contributed by atoms with van der Waals surface area (Å²) in [6.07, 6.45) is 22.6. The smallest absolute Gasteiger partial charge is 0.0308 e. The largest absolute Gasteiger partial charge is 0.344 e. The molecule has 0 aromatic carbocycles. The van der Waals surface area contributed by atoms with E-state index in [-0.39, 0.29) is 31.0 Å². The lowest BCUT2D eigenvalue weighted by Crippen LogP contribution is -2.01. The lowest BCUT2D eigenvalue weighted by molar-refractivity contribution is 0.503. The van der Waals surface area contributed by atoms with Crippen LogP contribution in [0.2, 0.25) is 0 Å². The summed E-state index contributed by atoms with van der Waals surface area (Å²) in [5.74, 6) is 0.901. The molecule has 0 aromatic rings. The Morgan fingerprint density at radius 1 is 0.607 bits per heavy atom. The average Bonchev–Trinajstić information content (AvgIpc) is 2.57. The highest BCUT2D eigenvalue weighted by atomic mass is 35.5. The summed E-state index contributed by atoms with van der Waals surface area (Å²) in [7, 11) is 0. The second kappa shape index (κ2) is 35.2. The van der Waals surface area contributed by atoms with Crippen LogP contribution in [-0.2, 0) is 0 Å². The maximum Gasteiger partial charge on any atom is 0.0308 e. The van der Waals surface area contributed by atoms with E-state index < -0.39 is 0 Å². The molecule has 0 bridgehead atoms. The van der Waals surface area contributed by atoms with Crippen LogP contribution in [0.1, 0.15) is 130 Å². The van der Waals surface area contributed by atoms with Crippen LogP contribution in [0, 0.1) is 5.92 Å². The second-order valence-electron chi connectivity index (χ2n) is 8.14. The predicted molar refractivity (Wildman–Crippen MR) is 138 cm³/mol. The first-order chi connectivity index (χ1) is 12.0. The second-order valence-corrected chi connectivity index (χ2v) is 8.88. The Bertz CT molecular complexity index is 228. The highest BCUT2D eigenvalue weighted by Gasteiger charge is 1.95. The van der Waals surface area contributed by atoms with Gasteiger partial charge < -0.3 is 11.9 Å². The number of nitrogens with two attached hydrogens (primary N) is 1. The Hall–Kier alpha value is 0.790. The van der Waals surface area contributed by atoms with Crippen molar-refractivity contribution in [3.8, 4) is 0 Å². The van der Waals surface area contributed by atoms with Crippen molar-refractivity contribution in [1.29, 1.82) is 0 Å². The number of halogens is 3. The molecule has 0 aromatic heterocycles. The first kappa shape index (κ1) is 39.3. The van der Waals surface area contributed by atoms with Crippen LogP contribution in [0.15, 0.2) is 0 Å². The lowest BCUT2D eigenvalue weighted by Gasteiger charge is -2.04. The summed E-state index contributed by atoms with van der Waals surface area (Å²) in [6.45, 7) is 9.70. The standard InChI is InChI=1S/C18H38.C5H12ClN.2ClH.H3N/c1-4-5-6-7-8-9-10-11-12-13-14-15-16-17-18(2)3;1-5(6)3-2-4-7;;;/h18H,4-17H2,1-3H3;5H,2-4,7H2,1H3;2*1H;1H3. The Morgan fingerprint density at radius 2 is 0.964 bits per heavy atom. The Morgan fingerprint density at radius 3 is 1.21 bits per heavy atom. The van der Waals surface area contributed by atoms with Crippen molar-refractivity contribution in [1.82, 2.24) is 6.15 Å². The van der Waals surface area contributed by atoms with Gasteiger partial charge in [0, 0.05) is 5.38 Å². The predicted octanol–water partition coefficient (Wildman–Crippen LogP) is 9.48. The monoisotopic (exact) mass is 464 g/mol. The molecule has 2 nitrogen and oxygen atoms in total. The zero-order valence-electron chi connectivity index (χ0n) is 19.7. The highest BCUT2D eigenvalue weighted by molar-refractivity contribution is 6.20. The molecule has 0 aliphatic carbocycles. The van der Waals surface area contributed by atoms with Crippen LogP contribution in [0.25, 0.3) is 0 Å². The minimum Gasteiger partial charge on any atom is -0.344 e. The Labute approximate surface area is 196 Å². The van der Waals surface area contributed by atoms with Crippen LogP contribution < -0.4 is 11.9 Å². The van der Waals surface area contributed by atoms with Crippen LogP contribution >= 0.6 is 36.4 Å². The molecular weight excluding hydrogens is 411 g/mol. The molecule has 1 unspecified atom stereocenters. The minimum atomic E-state index is 0. The van der Waals surface area contributed by atoms with E-state index in [1.807, 2.05) is 6.92 Å². The fraction of sp³-hybridized carbons (Fsp3) is 1.00. The van der Waals surface area contributed by atoms with Crippen LogP contribution in [0.4, 0.5) is 0 Å². The molecule has 0 radical (unpaired) electrons. The summed E-state index contributed by atoms with van der Waals surface area (Å²) in [5, 5.41) is 0.295. The molecule has 178 valence electrons. The van der Waals surface area contributed by atoms with Gasteiger partial charge in [-0.2, -0.15) is 0 Å². The summed E-state index contributed by atoms with van der Waals surface area (Å²) < 4.78 is 0. The molecule has 0 saturated carbocycles. The van der Waals surface area contributed by atoms with Gasteiger partial charge in [0.15, 0.2) is 0 Å².